The predicted molar refractivity (Wildman–Crippen MR) is 291 cm³/mol. The molecule has 2 aliphatic rings. The molecular formula is C59H73N5O10S. The third-order valence-electron chi connectivity index (χ3n) is 13.8. The molecule has 7 rings (SSSR count). The third-order valence-corrected chi connectivity index (χ3v) is 14.8. The Kier molecular flexibility index (Phi) is 21.8. The summed E-state index contributed by atoms with van der Waals surface area (Å²) in [6.07, 6.45) is 7.45. The normalized spacial score (nSPS) is 15.9. The first kappa shape index (κ1) is 56.3. The van der Waals surface area contributed by atoms with Crippen LogP contribution in [0.25, 0.3) is 11.1 Å². The minimum Gasteiger partial charge on any atom is -0.508 e. The third kappa shape index (κ3) is 16.0. The van der Waals surface area contributed by atoms with Gasteiger partial charge in [-0.05, 0) is 116 Å². The number of phenolic OH excluding ortho intramolecular Hbond substituents is 1. The van der Waals surface area contributed by atoms with Gasteiger partial charge in [-0.25, -0.2) is 4.98 Å². The largest absolute Gasteiger partial charge is 0.508 e. The molecule has 1 aromatic heterocycles. The van der Waals surface area contributed by atoms with Gasteiger partial charge in [0, 0.05) is 24.5 Å². The van der Waals surface area contributed by atoms with Crippen LogP contribution in [0.5, 0.6) is 17.2 Å². The zero-order chi connectivity index (χ0) is 52.9. The number of ketones is 1. The number of aromatic hydroxyl groups is 1. The number of nitrogens with one attached hydrogen (secondary N) is 2. The molecule has 400 valence electrons. The number of hydrogen-bond acceptors (Lipinski definition) is 13. The van der Waals surface area contributed by atoms with Crippen LogP contribution in [0.3, 0.4) is 0 Å². The van der Waals surface area contributed by atoms with Gasteiger partial charge < -0.3 is 49.2 Å². The van der Waals surface area contributed by atoms with Crippen LogP contribution < -0.4 is 20.1 Å². The van der Waals surface area contributed by atoms with E-state index < -0.39 is 12.1 Å². The molecule has 15 nitrogen and oxygen atoms in total. The Hall–Kier alpha value is -6.43. The number of thiazole rings is 1. The molecule has 3 N–H and O–H groups in total. The van der Waals surface area contributed by atoms with Crippen molar-refractivity contribution in [1.82, 2.24) is 25.4 Å². The lowest BCUT2D eigenvalue weighted by Crippen LogP contribution is -2.55. The highest BCUT2D eigenvalue weighted by Gasteiger charge is 2.40. The van der Waals surface area contributed by atoms with Gasteiger partial charge in [-0.2, -0.15) is 0 Å². The summed E-state index contributed by atoms with van der Waals surface area (Å²) in [5.74, 6) is 0.897. The lowest BCUT2D eigenvalue weighted by Gasteiger charge is -2.35. The number of rotatable bonds is 28. The molecule has 1 saturated carbocycles. The topological polar surface area (TPSA) is 178 Å². The number of allylic oxidation sites excluding steroid dienone is 1. The van der Waals surface area contributed by atoms with Crippen LogP contribution in [0.2, 0.25) is 0 Å². The SMILES string of the molecule is CC/C(=C(/c1ccc(O)cc1)c1ccc(OCCN(C)C(=O)COCCOCCOCCOc2cccc(C(=O)c3csc(C4CCCN4C(=O)C(NC(=O)C(C)NC)C4CCCCC4)n3)c2)cc1)c1ccccc1. The number of nitrogens with zero attached hydrogens (tertiary/aromatic N) is 3. The van der Waals surface area contributed by atoms with E-state index in [1.807, 2.05) is 59.5 Å². The average molecular weight is 1040 g/mol. The molecule has 3 unspecified atom stereocenters. The van der Waals surface area contributed by atoms with E-state index in [1.54, 1.807) is 67.7 Å². The summed E-state index contributed by atoms with van der Waals surface area (Å²) >= 11 is 1.39. The molecule has 0 spiro atoms. The van der Waals surface area contributed by atoms with Crippen molar-refractivity contribution in [3.05, 3.63) is 141 Å². The van der Waals surface area contributed by atoms with Gasteiger partial charge in [-0.15, -0.1) is 11.3 Å². The van der Waals surface area contributed by atoms with Crippen LogP contribution in [0.15, 0.2) is 109 Å². The molecular weight excluding hydrogens is 971 g/mol. The molecule has 75 heavy (non-hydrogen) atoms. The van der Waals surface area contributed by atoms with E-state index in [0.29, 0.717) is 68.9 Å². The van der Waals surface area contributed by atoms with Gasteiger partial charge in [-0.1, -0.05) is 92.9 Å². The van der Waals surface area contributed by atoms with E-state index in [1.165, 1.54) is 16.9 Å². The molecule has 0 bridgehead atoms. The Morgan fingerprint density at radius 1 is 0.747 bits per heavy atom. The van der Waals surface area contributed by atoms with Crippen molar-refractivity contribution >= 4 is 46.0 Å². The molecule has 0 radical (unpaired) electrons. The lowest BCUT2D eigenvalue weighted by atomic mass is 9.83. The molecule has 1 saturated heterocycles. The maximum Gasteiger partial charge on any atom is 0.248 e. The number of likely N-dealkylation sites (N-methyl/N-ethyl adjacent to an activating group) is 2. The van der Waals surface area contributed by atoms with E-state index in [4.69, 9.17) is 28.7 Å². The van der Waals surface area contributed by atoms with Crippen molar-refractivity contribution in [2.75, 3.05) is 80.0 Å². The van der Waals surface area contributed by atoms with Crippen LogP contribution in [0.4, 0.5) is 0 Å². The Labute approximate surface area is 445 Å². The van der Waals surface area contributed by atoms with Gasteiger partial charge >= 0.3 is 0 Å². The molecule has 1 aliphatic heterocycles. The first-order chi connectivity index (χ1) is 36.5. The first-order valence-corrected chi connectivity index (χ1v) is 27.2. The number of aromatic nitrogens is 1. The van der Waals surface area contributed by atoms with Crippen molar-refractivity contribution in [3.63, 3.8) is 0 Å². The minimum absolute atomic E-state index is 0.0648. The molecule has 16 heteroatoms. The number of hydrogen-bond donors (Lipinski definition) is 3. The van der Waals surface area contributed by atoms with Gasteiger partial charge in [0.05, 0.1) is 51.7 Å². The fourth-order valence-electron chi connectivity index (χ4n) is 9.52. The Balaban J connectivity index is 0.760. The fourth-order valence-corrected chi connectivity index (χ4v) is 10.5. The highest BCUT2D eigenvalue weighted by atomic mass is 32.1. The molecule has 3 atom stereocenters. The quantitative estimate of drug-likeness (QED) is 0.0247. The number of carbonyl (C=O) groups is 4. The molecule has 4 aromatic carbocycles. The summed E-state index contributed by atoms with van der Waals surface area (Å²) in [7, 11) is 3.45. The van der Waals surface area contributed by atoms with Crippen LogP contribution in [-0.4, -0.2) is 136 Å². The van der Waals surface area contributed by atoms with Crippen LogP contribution in [-0.2, 0) is 28.6 Å². The van der Waals surface area contributed by atoms with Gasteiger partial charge in [0.2, 0.25) is 23.5 Å². The Morgan fingerprint density at radius 2 is 1.40 bits per heavy atom. The number of carbonyl (C=O) groups excluding carboxylic acids is 4. The van der Waals surface area contributed by atoms with E-state index >= 15 is 0 Å². The van der Waals surface area contributed by atoms with Crippen molar-refractivity contribution < 1.29 is 48.0 Å². The highest BCUT2D eigenvalue weighted by Crippen LogP contribution is 2.38. The Morgan fingerprint density at radius 3 is 2.09 bits per heavy atom. The van der Waals surface area contributed by atoms with Crippen LogP contribution in [0, 0.1) is 5.92 Å². The summed E-state index contributed by atoms with van der Waals surface area (Å²) < 4.78 is 28.8. The lowest BCUT2D eigenvalue weighted by molar-refractivity contribution is -0.139. The monoisotopic (exact) mass is 1040 g/mol. The van der Waals surface area contributed by atoms with Crippen molar-refractivity contribution in [2.45, 2.75) is 83.3 Å². The summed E-state index contributed by atoms with van der Waals surface area (Å²) in [6, 6.07) is 31.3. The smallest absolute Gasteiger partial charge is 0.248 e. The molecule has 2 fully saturated rings. The summed E-state index contributed by atoms with van der Waals surface area (Å²) in [5.41, 5.74) is 6.24. The van der Waals surface area contributed by atoms with E-state index in [2.05, 4.69) is 29.7 Å². The second kappa shape index (κ2) is 29.0. The van der Waals surface area contributed by atoms with Crippen molar-refractivity contribution in [2.24, 2.45) is 5.92 Å². The zero-order valence-corrected chi connectivity index (χ0v) is 44.6. The maximum absolute atomic E-state index is 14.2. The molecule has 5 aromatic rings. The van der Waals surface area contributed by atoms with E-state index in [0.717, 1.165) is 78.6 Å². The minimum atomic E-state index is -0.587. The Bertz CT molecular complexity index is 2640. The summed E-state index contributed by atoms with van der Waals surface area (Å²) in [6.45, 7) is 6.98. The second-order valence-electron chi connectivity index (χ2n) is 18.9. The number of amides is 3. The van der Waals surface area contributed by atoms with Gasteiger partial charge in [0.25, 0.3) is 0 Å². The van der Waals surface area contributed by atoms with Gasteiger partial charge in [-0.3, -0.25) is 19.2 Å². The van der Waals surface area contributed by atoms with Crippen molar-refractivity contribution in [3.8, 4) is 17.2 Å². The van der Waals surface area contributed by atoms with E-state index in [9.17, 15) is 24.3 Å². The van der Waals surface area contributed by atoms with E-state index in [-0.39, 0.29) is 61.0 Å². The van der Waals surface area contributed by atoms with Crippen molar-refractivity contribution in [1.29, 1.82) is 0 Å². The number of ether oxygens (including phenoxy) is 5. The molecule has 2 heterocycles. The average Bonchev–Trinajstić information content (AvgIpc) is 4.15. The predicted octanol–water partition coefficient (Wildman–Crippen LogP) is 8.75. The highest BCUT2D eigenvalue weighted by molar-refractivity contribution is 7.10. The zero-order valence-electron chi connectivity index (χ0n) is 43.8. The summed E-state index contributed by atoms with van der Waals surface area (Å²) in [4.78, 5) is 61.7. The van der Waals surface area contributed by atoms with Gasteiger partial charge in [0.15, 0.2) is 0 Å². The standard InChI is InChI=1S/C59H73N5O10S/c1-5-50(42-14-8-6-9-15-42)54(43-21-25-47(65)26-22-43)44-23-27-48(28-24-44)73-31-30-63(4)53(66)39-72-35-34-70-32-33-71-36-37-74-49-19-12-18-46(38-49)56(67)51-40-75-58(61-51)52-20-13-29-64(52)59(69)55(45-16-10-7-11-17-45)62-57(68)41(2)60-3/h6,8-9,12,14-15,18-19,21-28,38,40-41,45,52,55,60,65H,5,7,10-11,13,16-17,20,29-37,39H2,1-4H3,(H,62,68)/b54-50+. The summed E-state index contributed by atoms with van der Waals surface area (Å²) in [5, 5.41) is 18.5. The van der Waals surface area contributed by atoms with Gasteiger partial charge in [0.1, 0.15) is 53.8 Å². The molecule has 1 aliphatic carbocycles. The number of benzene rings is 4. The first-order valence-electron chi connectivity index (χ1n) is 26.3. The number of likely N-dealkylation sites (tertiary alicyclic amines) is 1. The maximum atomic E-state index is 14.2. The van der Waals surface area contributed by atoms with Crippen LogP contribution >= 0.6 is 11.3 Å². The second-order valence-corrected chi connectivity index (χ2v) is 19.8. The number of phenols is 1. The van der Waals surface area contributed by atoms with Crippen LogP contribution in [0.1, 0.15) is 109 Å². The molecule has 3 amide bonds. The fraction of sp³-hybridized carbons (Fsp3) is 0.441.